The lowest BCUT2D eigenvalue weighted by atomic mass is 10.1. The van der Waals surface area contributed by atoms with Crippen LogP contribution in [0.5, 0.6) is 5.75 Å². The van der Waals surface area contributed by atoms with Crippen LogP contribution in [0.25, 0.3) is 0 Å². The zero-order valence-electron chi connectivity index (χ0n) is 7.50. The lowest BCUT2D eigenvalue weighted by Gasteiger charge is -2.24. The van der Waals surface area contributed by atoms with Crippen LogP contribution in [-0.2, 0) is 13.0 Å². The Hall–Kier alpha value is -1.29. The van der Waals surface area contributed by atoms with E-state index in [2.05, 4.69) is 9.88 Å². The van der Waals surface area contributed by atoms with Gasteiger partial charge in [0.2, 0.25) is 0 Å². The summed E-state index contributed by atoms with van der Waals surface area (Å²) < 4.78 is 0. The van der Waals surface area contributed by atoms with E-state index in [9.17, 15) is 9.90 Å². The van der Waals surface area contributed by atoms with Crippen molar-refractivity contribution in [3.63, 3.8) is 0 Å². The normalized spacial score (nSPS) is 17.0. The molecule has 4 nitrogen and oxygen atoms in total. The number of rotatable bonds is 0. The van der Waals surface area contributed by atoms with Gasteiger partial charge in [-0.3, -0.25) is 4.79 Å². The molecule has 0 bridgehead atoms. The molecule has 0 spiro atoms. The van der Waals surface area contributed by atoms with Gasteiger partial charge in [0.15, 0.2) is 0 Å². The third-order valence-electron chi connectivity index (χ3n) is 2.39. The summed E-state index contributed by atoms with van der Waals surface area (Å²) in [4.78, 5) is 15.9. The molecule has 1 aromatic heterocycles. The van der Waals surface area contributed by atoms with Crippen LogP contribution in [0.4, 0.5) is 0 Å². The van der Waals surface area contributed by atoms with E-state index in [1.165, 1.54) is 6.07 Å². The molecule has 13 heavy (non-hydrogen) atoms. The summed E-state index contributed by atoms with van der Waals surface area (Å²) in [6.07, 6.45) is 0.801. The van der Waals surface area contributed by atoms with Gasteiger partial charge < -0.3 is 15.0 Å². The summed E-state index contributed by atoms with van der Waals surface area (Å²) in [7, 11) is 1.99. The molecule has 0 saturated heterocycles. The summed E-state index contributed by atoms with van der Waals surface area (Å²) in [5.74, 6) is 0.116. The Morgan fingerprint density at radius 1 is 1.62 bits per heavy atom. The maximum atomic E-state index is 11.0. The van der Waals surface area contributed by atoms with Crippen LogP contribution in [0.15, 0.2) is 10.9 Å². The van der Waals surface area contributed by atoms with Crippen molar-refractivity contribution in [3.05, 3.63) is 27.7 Å². The molecular formula is C9H12N2O2. The average molecular weight is 180 g/mol. The maximum Gasteiger partial charge on any atom is 0.251 e. The Morgan fingerprint density at radius 2 is 2.38 bits per heavy atom. The van der Waals surface area contributed by atoms with Gasteiger partial charge in [-0.25, -0.2) is 0 Å². The first-order valence-electron chi connectivity index (χ1n) is 4.29. The van der Waals surface area contributed by atoms with Gasteiger partial charge in [0.1, 0.15) is 5.75 Å². The van der Waals surface area contributed by atoms with E-state index in [1.54, 1.807) is 0 Å². The molecule has 0 amide bonds. The second-order valence-corrected chi connectivity index (χ2v) is 3.46. The van der Waals surface area contributed by atoms with E-state index in [-0.39, 0.29) is 11.3 Å². The number of hydrogen-bond donors (Lipinski definition) is 2. The van der Waals surface area contributed by atoms with Gasteiger partial charge in [-0.15, -0.1) is 0 Å². The quantitative estimate of drug-likeness (QED) is 0.594. The van der Waals surface area contributed by atoms with Crippen molar-refractivity contribution >= 4 is 0 Å². The van der Waals surface area contributed by atoms with Crippen molar-refractivity contribution in [2.45, 2.75) is 13.0 Å². The fourth-order valence-electron chi connectivity index (χ4n) is 1.67. The SMILES string of the molecule is CN1CCc2[nH]c(=O)cc(O)c2C1. The van der Waals surface area contributed by atoms with Crippen LogP contribution < -0.4 is 5.56 Å². The minimum absolute atomic E-state index is 0.116. The molecule has 2 heterocycles. The first-order chi connectivity index (χ1) is 6.16. The highest BCUT2D eigenvalue weighted by Crippen LogP contribution is 2.22. The van der Waals surface area contributed by atoms with E-state index in [4.69, 9.17) is 0 Å². The van der Waals surface area contributed by atoms with Gasteiger partial charge in [-0.05, 0) is 7.05 Å². The number of aromatic nitrogens is 1. The number of aromatic hydroxyl groups is 1. The highest BCUT2D eigenvalue weighted by atomic mass is 16.3. The first-order valence-corrected chi connectivity index (χ1v) is 4.29. The Morgan fingerprint density at radius 3 is 3.15 bits per heavy atom. The summed E-state index contributed by atoms with van der Waals surface area (Å²) in [6, 6.07) is 1.23. The Kier molecular flexibility index (Phi) is 1.84. The molecule has 0 fully saturated rings. The Labute approximate surface area is 75.8 Å². The maximum absolute atomic E-state index is 11.0. The molecule has 0 aliphatic carbocycles. The zero-order valence-corrected chi connectivity index (χ0v) is 7.50. The summed E-state index contributed by atoms with van der Waals surface area (Å²) in [5.41, 5.74) is 1.51. The topological polar surface area (TPSA) is 56.3 Å². The third-order valence-corrected chi connectivity index (χ3v) is 2.39. The number of pyridine rings is 1. The first kappa shape index (κ1) is 8.31. The summed E-state index contributed by atoms with van der Waals surface area (Å²) >= 11 is 0. The molecule has 0 saturated carbocycles. The van der Waals surface area contributed by atoms with Gasteiger partial charge in [0.05, 0.1) is 0 Å². The lowest BCUT2D eigenvalue weighted by molar-refractivity contribution is 0.301. The predicted octanol–water partition coefficient (Wildman–Crippen LogP) is 0.0684. The molecule has 2 rings (SSSR count). The molecular weight excluding hydrogens is 168 g/mol. The van der Waals surface area contributed by atoms with Crippen molar-refractivity contribution in [1.29, 1.82) is 0 Å². The second-order valence-electron chi connectivity index (χ2n) is 3.46. The van der Waals surface area contributed by atoms with E-state index in [0.29, 0.717) is 6.54 Å². The van der Waals surface area contributed by atoms with Gasteiger partial charge in [-0.1, -0.05) is 0 Å². The molecule has 1 aliphatic heterocycles. The van der Waals surface area contributed by atoms with Gasteiger partial charge in [-0.2, -0.15) is 0 Å². The molecule has 4 heteroatoms. The van der Waals surface area contributed by atoms with Gasteiger partial charge >= 0.3 is 0 Å². The standard InChI is InChI=1S/C9H12N2O2/c1-11-3-2-7-6(5-11)8(12)4-9(13)10-7/h4H,2-3,5H2,1H3,(H2,10,12,13). The van der Waals surface area contributed by atoms with Crippen molar-refractivity contribution in [1.82, 2.24) is 9.88 Å². The number of aromatic amines is 1. The monoisotopic (exact) mass is 180 g/mol. The van der Waals surface area contributed by atoms with Crippen LogP contribution in [0.3, 0.4) is 0 Å². The zero-order chi connectivity index (χ0) is 9.42. The highest BCUT2D eigenvalue weighted by Gasteiger charge is 2.17. The van der Waals surface area contributed by atoms with Crippen LogP contribution in [-0.4, -0.2) is 28.6 Å². The number of nitrogens with zero attached hydrogens (tertiary/aromatic N) is 1. The number of fused-ring (bicyclic) bond motifs is 1. The van der Waals surface area contributed by atoms with Gasteiger partial charge in [0.25, 0.3) is 5.56 Å². The van der Waals surface area contributed by atoms with Crippen LogP contribution in [0, 0.1) is 0 Å². The largest absolute Gasteiger partial charge is 0.507 e. The molecule has 1 aromatic rings. The van der Waals surface area contributed by atoms with Crippen molar-refractivity contribution in [3.8, 4) is 5.75 Å². The minimum Gasteiger partial charge on any atom is -0.507 e. The van der Waals surface area contributed by atoms with E-state index in [1.807, 2.05) is 7.05 Å². The fraction of sp³-hybridized carbons (Fsp3) is 0.444. The summed E-state index contributed by atoms with van der Waals surface area (Å²) in [6.45, 7) is 1.63. The number of nitrogens with one attached hydrogen (secondary N) is 1. The molecule has 2 N–H and O–H groups in total. The van der Waals surface area contributed by atoms with Crippen molar-refractivity contribution in [2.75, 3.05) is 13.6 Å². The fourth-order valence-corrected chi connectivity index (χ4v) is 1.67. The van der Waals surface area contributed by atoms with Crippen LogP contribution in [0.2, 0.25) is 0 Å². The molecule has 70 valence electrons. The second kappa shape index (κ2) is 2.88. The predicted molar refractivity (Wildman–Crippen MR) is 48.8 cm³/mol. The van der Waals surface area contributed by atoms with Gasteiger partial charge in [0, 0.05) is 36.8 Å². The average Bonchev–Trinajstić information content (AvgIpc) is 2.06. The van der Waals surface area contributed by atoms with E-state index in [0.717, 1.165) is 24.2 Å². The number of hydrogen-bond acceptors (Lipinski definition) is 3. The highest BCUT2D eigenvalue weighted by molar-refractivity contribution is 5.35. The number of H-pyrrole nitrogens is 1. The lowest BCUT2D eigenvalue weighted by Crippen LogP contribution is -2.29. The third kappa shape index (κ3) is 1.45. The van der Waals surface area contributed by atoms with E-state index >= 15 is 0 Å². The number of likely N-dealkylation sites (N-methyl/N-ethyl adjacent to an activating group) is 1. The minimum atomic E-state index is -0.221. The Bertz CT molecular complexity index is 384. The molecule has 0 aromatic carbocycles. The molecule has 1 aliphatic rings. The Balaban J connectivity index is 2.53. The van der Waals surface area contributed by atoms with Crippen LogP contribution >= 0.6 is 0 Å². The molecule has 0 atom stereocenters. The molecule has 0 unspecified atom stereocenters. The smallest absolute Gasteiger partial charge is 0.251 e. The van der Waals surface area contributed by atoms with Crippen LogP contribution in [0.1, 0.15) is 11.3 Å². The van der Waals surface area contributed by atoms with Crippen molar-refractivity contribution in [2.24, 2.45) is 0 Å². The summed E-state index contributed by atoms with van der Waals surface area (Å²) in [5, 5.41) is 9.51. The molecule has 0 radical (unpaired) electrons. The van der Waals surface area contributed by atoms with E-state index < -0.39 is 0 Å². The van der Waals surface area contributed by atoms with Crippen molar-refractivity contribution < 1.29 is 5.11 Å².